The Bertz CT molecular complexity index is 324. The summed E-state index contributed by atoms with van der Waals surface area (Å²) in [5.74, 6) is 0. The van der Waals surface area contributed by atoms with Gasteiger partial charge in [0.2, 0.25) is 0 Å². The molecule has 70 valence electrons. The molecule has 1 aromatic rings. The Labute approximate surface area is 79.7 Å². The van der Waals surface area contributed by atoms with Gasteiger partial charge in [0.1, 0.15) is 0 Å². The molecule has 1 nitrogen and oxygen atoms in total. The molecule has 0 bridgehead atoms. The first-order chi connectivity index (χ1) is 6.12. The third-order valence-corrected chi connectivity index (χ3v) is 3.12. The lowest BCUT2D eigenvalue weighted by Crippen LogP contribution is -2.37. The van der Waals surface area contributed by atoms with Gasteiger partial charge in [-0.2, -0.15) is 0 Å². The van der Waals surface area contributed by atoms with Crippen LogP contribution in [0.25, 0.3) is 0 Å². The molecule has 1 aromatic carbocycles. The zero-order valence-corrected chi connectivity index (χ0v) is 8.55. The number of ether oxygens (including phenoxy) is 1. The van der Waals surface area contributed by atoms with Gasteiger partial charge in [-0.05, 0) is 37.5 Å². The largest absolute Gasteiger partial charge is 0.370 e. The van der Waals surface area contributed by atoms with Gasteiger partial charge < -0.3 is 4.74 Å². The summed E-state index contributed by atoms with van der Waals surface area (Å²) in [6, 6.07) is 6.60. The Hall–Kier alpha value is -0.820. The maximum atomic E-state index is 5.60. The minimum atomic E-state index is -0.00153. The predicted octanol–water partition coefficient (Wildman–Crippen LogP) is 2.94. The second-order valence-electron chi connectivity index (χ2n) is 4.13. The molecule has 0 radical (unpaired) electrons. The highest BCUT2D eigenvalue weighted by Crippen LogP contribution is 2.37. The van der Waals surface area contributed by atoms with E-state index in [4.69, 9.17) is 4.74 Å². The van der Waals surface area contributed by atoms with Crippen LogP contribution in [-0.2, 0) is 10.3 Å². The molecule has 1 heteroatoms. The maximum Gasteiger partial charge on any atom is 0.0925 e. The van der Waals surface area contributed by atoms with Crippen molar-refractivity contribution in [2.24, 2.45) is 0 Å². The van der Waals surface area contributed by atoms with Gasteiger partial charge in [-0.1, -0.05) is 18.2 Å². The van der Waals surface area contributed by atoms with Crippen molar-refractivity contribution in [2.45, 2.75) is 32.8 Å². The minimum Gasteiger partial charge on any atom is -0.370 e. The highest BCUT2D eigenvalue weighted by molar-refractivity contribution is 5.33. The zero-order chi connectivity index (χ0) is 9.47. The van der Waals surface area contributed by atoms with E-state index in [1.54, 1.807) is 0 Å². The second-order valence-corrected chi connectivity index (χ2v) is 4.13. The molecule has 0 saturated carbocycles. The topological polar surface area (TPSA) is 9.23 Å². The number of hydrogen-bond acceptors (Lipinski definition) is 1. The van der Waals surface area contributed by atoms with Gasteiger partial charge in [0.05, 0.1) is 12.2 Å². The minimum absolute atomic E-state index is 0.00153. The molecule has 0 N–H and O–H groups in total. The summed E-state index contributed by atoms with van der Waals surface area (Å²) in [5.41, 5.74) is 4.03. The second kappa shape index (κ2) is 2.85. The van der Waals surface area contributed by atoms with Gasteiger partial charge in [0.25, 0.3) is 0 Å². The SMILES string of the molecule is Cc1ccc(C2(C)CCO2)cc1C. The van der Waals surface area contributed by atoms with Crippen molar-refractivity contribution in [1.82, 2.24) is 0 Å². The summed E-state index contributed by atoms with van der Waals surface area (Å²) in [4.78, 5) is 0. The summed E-state index contributed by atoms with van der Waals surface area (Å²) < 4.78 is 5.60. The molecule has 0 aromatic heterocycles. The molecule has 0 aliphatic carbocycles. The maximum absolute atomic E-state index is 5.60. The van der Waals surface area contributed by atoms with Gasteiger partial charge in [-0.15, -0.1) is 0 Å². The van der Waals surface area contributed by atoms with Crippen molar-refractivity contribution in [2.75, 3.05) is 6.61 Å². The number of rotatable bonds is 1. The van der Waals surface area contributed by atoms with Gasteiger partial charge in [-0.25, -0.2) is 0 Å². The van der Waals surface area contributed by atoms with E-state index in [0.29, 0.717) is 0 Å². The highest BCUT2D eigenvalue weighted by atomic mass is 16.5. The summed E-state index contributed by atoms with van der Waals surface area (Å²) >= 11 is 0. The smallest absolute Gasteiger partial charge is 0.0925 e. The fourth-order valence-electron chi connectivity index (χ4n) is 1.71. The molecule has 1 saturated heterocycles. The monoisotopic (exact) mass is 176 g/mol. The fourth-order valence-corrected chi connectivity index (χ4v) is 1.71. The van der Waals surface area contributed by atoms with Crippen molar-refractivity contribution in [3.63, 3.8) is 0 Å². The van der Waals surface area contributed by atoms with E-state index in [-0.39, 0.29) is 5.60 Å². The third-order valence-electron chi connectivity index (χ3n) is 3.12. The Kier molecular flexibility index (Phi) is 1.92. The van der Waals surface area contributed by atoms with E-state index >= 15 is 0 Å². The lowest BCUT2D eigenvalue weighted by atomic mass is 9.87. The first kappa shape index (κ1) is 8.76. The van der Waals surface area contributed by atoms with Crippen LogP contribution in [0.1, 0.15) is 30.0 Å². The standard InChI is InChI=1S/C12H16O/c1-9-4-5-11(8-10(9)2)12(3)6-7-13-12/h4-5,8H,6-7H2,1-3H3. The van der Waals surface area contributed by atoms with Crippen molar-refractivity contribution in [3.05, 3.63) is 34.9 Å². The normalized spacial score (nSPS) is 27.0. The van der Waals surface area contributed by atoms with Crippen molar-refractivity contribution < 1.29 is 4.74 Å². The van der Waals surface area contributed by atoms with Crippen molar-refractivity contribution >= 4 is 0 Å². The fraction of sp³-hybridized carbons (Fsp3) is 0.500. The van der Waals surface area contributed by atoms with Gasteiger partial charge in [-0.3, -0.25) is 0 Å². The number of benzene rings is 1. The Morgan fingerprint density at radius 3 is 2.38 bits per heavy atom. The van der Waals surface area contributed by atoms with Crippen LogP contribution in [0.5, 0.6) is 0 Å². The molecule has 2 rings (SSSR count). The van der Waals surface area contributed by atoms with E-state index < -0.39 is 0 Å². The molecular formula is C12H16O. The molecular weight excluding hydrogens is 160 g/mol. The van der Waals surface area contributed by atoms with Crippen LogP contribution in [0, 0.1) is 13.8 Å². The molecule has 1 aliphatic rings. The van der Waals surface area contributed by atoms with Crippen LogP contribution < -0.4 is 0 Å². The quantitative estimate of drug-likeness (QED) is 0.639. The van der Waals surface area contributed by atoms with Crippen LogP contribution >= 0.6 is 0 Å². The first-order valence-electron chi connectivity index (χ1n) is 4.83. The first-order valence-corrected chi connectivity index (χ1v) is 4.83. The molecule has 1 fully saturated rings. The Balaban J connectivity index is 2.36. The molecule has 1 heterocycles. The van der Waals surface area contributed by atoms with Crippen LogP contribution in [-0.4, -0.2) is 6.61 Å². The lowest BCUT2D eigenvalue weighted by molar-refractivity contribution is -0.140. The van der Waals surface area contributed by atoms with Crippen LogP contribution in [0.4, 0.5) is 0 Å². The van der Waals surface area contributed by atoms with Crippen LogP contribution in [0.3, 0.4) is 0 Å². The van der Waals surface area contributed by atoms with E-state index in [1.165, 1.54) is 16.7 Å². The highest BCUT2D eigenvalue weighted by Gasteiger charge is 2.34. The Morgan fingerprint density at radius 2 is 1.92 bits per heavy atom. The average Bonchev–Trinajstić information content (AvgIpc) is 2.06. The summed E-state index contributed by atoms with van der Waals surface area (Å²) in [7, 11) is 0. The zero-order valence-electron chi connectivity index (χ0n) is 8.55. The molecule has 13 heavy (non-hydrogen) atoms. The average molecular weight is 176 g/mol. The van der Waals surface area contributed by atoms with E-state index in [9.17, 15) is 0 Å². The number of aryl methyl sites for hydroxylation is 2. The van der Waals surface area contributed by atoms with E-state index in [0.717, 1.165) is 13.0 Å². The summed E-state index contributed by atoms with van der Waals surface area (Å²) in [5, 5.41) is 0. The van der Waals surface area contributed by atoms with Gasteiger partial charge >= 0.3 is 0 Å². The third kappa shape index (κ3) is 1.37. The molecule has 0 amide bonds. The summed E-state index contributed by atoms with van der Waals surface area (Å²) in [6.07, 6.45) is 1.15. The van der Waals surface area contributed by atoms with Gasteiger partial charge in [0, 0.05) is 6.42 Å². The summed E-state index contributed by atoms with van der Waals surface area (Å²) in [6.45, 7) is 7.37. The molecule has 0 spiro atoms. The van der Waals surface area contributed by atoms with Crippen molar-refractivity contribution in [1.29, 1.82) is 0 Å². The van der Waals surface area contributed by atoms with Crippen LogP contribution in [0.15, 0.2) is 18.2 Å². The molecule has 1 unspecified atom stereocenters. The predicted molar refractivity (Wildman–Crippen MR) is 53.8 cm³/mol. The molecule has 1 atom stereocenters. The number of hydrogen-bond donors (Lipinski definition) is 0. The molecule has 1 aliphatic heterocycles. The Morgan fingerprint density at radius 1 is 1.23 bits per heavy atom. The lowest BCUT2D eigenvalue weighted by Gasteiger charge is -2.39. The van der Waals surface area contributed by atoms with Crippen molar-refractivity contribution in [3.8, 4) is 0 Å². The van der Waals surface area contributed by atoms with Crippen LogP contribution in [0.2, 0.25) is 0 Å². The van der Waals surface area contributed by atoms with E-state index in [2.05, 4.69) is 39.0 Å². The van der Waals surface area contributed by atoms with Gasteiger partial charge in [0.15, 0.2) is 0 Å². The van der Waals surface area contributed by atoms with E-state index in [1.807, 2.05) is 0 Å².